The van der Waals surface area contributed by atoms with Gasteiger partial charge in [0, 0.05) is 35.2 Å². The van der Waals surface area contributed by atoms with Crippen LogP contribution in [0.15, 0.2) is 45.6 Å². The number of nitrogens with zero attached hydrogens (tertiary/aromatic N) is 1. The molecule has 0 saturated carbocycles. The van der Waals surface area contributed by atoms with Crippen molar-refractivity contribution < 1.29 is 4.42 Å². The third-order valence-corrected chi connectivity index (χ3v) is 3.44. The molecule has 18 heavy (non-hydrogen) atoms. The Hall–Kier alpha value is -1.13. The average molecular weight is 309 g/mol. The minimum Gasteiger partial charge on any atom is -0.469 e. The van der Waals surface area contributed by atoms with E-state index in [-0.39, 0.29) is 0 Å². The van der Waals surface area contributed by atoms with Gasteiger partial charge in [-0.3, -0.25) is 4.98 Å². The van der Waals surface area contributed by atoms with Gasteiger partial charge in [0.2, 0.25) is 0 Å². The second kappa shape index (κ2) is 6.71. The van der Waals surface area contributed by atoms with E-state index in [1.165, 1.54) is 0 Å². The smallest absolute Gasteiger partial charge is 0.103 e. The Morgan fingerprint density at radius 1 is 1.39 bits per heavy atom. The Kier molecular flexibility index (Phi) is 4.96. The van der Waals surface area contributed by atoms with E-state index in [1.807, 2.05) is 31.4 Å². The summed E-state index contributed by atoms with van der Waals surface area (Å²) in [6.45, 7) is 0. The normalized spacial score (nSPS) is 12.6. The van der Waals surface area contributed by atoms with Crippen LogP contribution in [0.2, 0.25) is 0 Å². The minimum absolute atomic E-state index is 0.420. The standard InChI is InChI=1S/C14H17BrN2O/c1-16-12(6-7-14-3-2-8-18-14)9-13-5-4-11(15)10-17-13/h2-5,8,10,12,16H,6-7,9H2,1H3. The van der Waals surface area contributed by atoms with E-state index in [0.29, 0.717) is 6.04 Å². The molecule has 0 aliphatic rings. The van der Waals surface area contributed by atoms with Gasteiger partial charge >= 0.3 is 0 Å². The maximum Gasteiger partial charge on any atom is 0.103 e. The van der Waals surface area contributed by atoms with E-state index in [4.69, 9.17) is 4.42 Å². The van der Waals surface area contributed by atoms with Crippen LogP contribution in [0.3, 0.4) is 0 Å². The summed E-state index contributed by atoms with van der Waals surface area (Å²) in [6, 6.07) is 8.46. The summed E-state index contributed by atoms with van der Waals surface area (Å²) in [5.41, 5.74) is 1.11. The number of pyridine rings is 1. The van der Waals surface area contributed by atoms with Crippen molar-refractivity contribution in [2.75, 3.05) is 7.05 Å². The van der Waals surface area contributed by atoms with Crippen LogP contribution in [-0.2, 0) is 12.8 Å². The van der Waals surface area contributed by atoms with Crippen molar-refractivity contribution >= 4 is 15.9 Å². The molecule has 3 nitrogen and oxygen atoms in total. The molecule has 1 N–H and O–H groups in total. The van der Waals surface area contributed by atoms with E-state index in [1.54, 1.807) is 6.26 Å². The van der Waals surface area contributed by atoms with Crippen LogP contribution in [0, 0.1) is 0 Å². The average Bonchev–Trinajstić information content (AvgIpc) is 2.90. The van der Waals surface area contributed by atoms with Gasteiger partial charge < -0.3 is 9.73 Å². The Morgan fingerprint density at radius 2 is 2.28 bits per heavy atom. The molecule has 2 aromatic heterocycles. The minimum atomic E-state index is 0.420. The van der Waals surface area contributed by atoms with Gasteiger partial charge in [-0.15, -0.1) is 0 Å². The summed E-state index contributed by atoms with van der Waals surface area (Å²) >= 11 is 3.40. The summed E-state index contributed by atoms with van der Waals surface area (Å²) in [6.07, 6.45) is 6.50. The predicted octanol–water partition coefficient (Wildman–Crippen LogP) is 3.20. The first-order chi connectivity index (χ1) is 8.78. The summed E-state index contributed by atoms with van der Waals surface area (Å²) in [7, 11) is 1.99. The molecule has 4 heteroatoms. The molecular formula is C14H17BrN2O. The van der Waals surface area contributed by atoms with Crippen LogP contribution in [0.25, 0.3) is 0 Å². The van der Waals surface area contributed by atoms with E-state index >= 15 is 0 Å². The summed E-state index contributed by atoms with van der Waals surface area (Å²) < 4.78 is 6.36. The summed E-state index contributed by atoms with van der Waals surface area (Å²) in [5, 5.41) is 3.33. The van der Waals surface area contributed by atoms with Crippen LogP contribution in [0.4, 0.5) is 0 Å². The van der Waals surface area contributed by atoms with Crippen LogP contribution in [0.1, 0.15) is 17.9 Å². The molecule has 96 valence electrons. The van der Waals surface area contributed by atoms with Gasteiger partial charge in [-0.25, -0.2) is 0 Å². The van der Waals surface area contributed by atoms with Crippen molar-refractivity contribution in [3.8, 4) is 0 Å². The number of likely N-dealkylation sites (N-methyl/N-ethyl adjacent to an activating group) is 1. The number of halogens is 1. The number of hydrogen-bond acceptors (Lipinski definition) is 3. The zero-order chi connectivity index (χ0) is 12.8. The predicted molar refractivity (Wildman–Crippen MR) is 75.5 cm³/mol. The first-order valence-corrected chi connectivity index (χ1v) is 6.87. The Labute approximate surface area is 116 Å². The molecule has 2 rings (SSSR count). The first-order valence-electron chi connectivity index (χ1n) is 6.08. The zero-order valence-electron chi connectivity index (χ0n) is 10.4. The fourth-order valence-electron chi connectivity index (χ4n) is 1.90. The molecule has 0 amide bonds. The van der Waals surface area contributed by atoms with Crippen molar-refractivity contribution in [3.05, 3.63) is 52.7 Å². The van der Waals surface area contributed by atoms with E-state index in [9.17, 15) is 0 Å². The fourth-order valence-corrected chi connectivity index (χ4v) is 2.13. The van der Waals surface area contributed by atoms with Crippen molar-refractivity contribution in [1.29, 1.82) is 0 Å². The third-order valence-electron chi connectivity index (χ3n) is 2.97. The van der Waals surface area contributed by atoms with Gasteiger partial charge in [-0.2, -0.15) is 0 Å². The molecule has 2 aromatic rings. The van der Waals surface area contributed by atoms with Gasteiger partial charge in [0.1, 0.15) is 5.76 Å². The van der Waals surface area contributed by atoms with E-state index in [0.717, 1.165) is 35.2 Å². The largest absolute Gasteiger partial charge is 0.469 e. The van der Waals surface area contributed by atoms with Crippen LogP contribution in [-0.4, -0.2) is 18.1 Å². The van der Waals surface area contributed by atoms with Gasteiger partial charge in [0.25, 0.3) is 0 Å². The van der Waals surface area contributed by atoms with E-state index < -0.39 is 0 Å². The zero-order valence-corrected chi connectivity index (χ0v) is 12.0. The lowest BCUT2D eigenvalue weighted by molar-refractivity contribution is 0.458. The molecule has 1 unspecified atom stereocenters. The summed E-state index contributed by atoms with van der Waals surface area (Å²) in [5.74, 6) is 1.04. The highest BCUT2D eigenvalue weighted by atomic mass is 79.9. The monoisotopic (exact) mass is 308 g/mol. The maximum absolute atomic E-state index is 5.34. The molecule has 0 aromatic carbocycles. The molecular weight excluding hydrogens is 292 g/mol. The van der Waals surface area contributed by atoms with Crippen molar-refractivity contribution in [1.82, 2.24) is 10.3 Å². The van der Waals surface area contributed by atoms with Crippen LogP contribution in [0.5, 0.6) is 0 Å². The molecule has 1 atom stereocenters. The topological polar surface area (TPSA) is 38.1 Å². The maximum atomic E-state index is 5.34. The highest BCUT2D eigenvalue weighted by Crippen LogP contribution is 2.11. The molecule has 2 heterocycles. The third kappa shape index (κ3) is 3.96. The molecule has 0 aliphatic carbocycles. The Morgan fingerprint density at radius 3 is 2.89 bits per heavy atom. The number of rotatable bonds is 6. The number of furan rings is 1. The fraction of sp³-hybridized carbons (Fsp3) is 0.357. The number of aromatic nitrogens is 1. The number of hydrogen-bond donors (Lipinski definition) is 1. The molecule has 0 fully saturated rings. The van der Waals surface area contributed by atoms with Crippen molar-refractivity contribution in [3.63, 3.8) is 0 Å². The Balaban J connectivity index is 1.87. The first kappa shape index (κ1) is 13.3. The SMILES string of the molecule is CNC(CCc1ccco1)Cc1ccc(Br)cn1. The highest BCUT2D eigenvalue weighted by molar-refractivity contribution is 9.10. The van der Waals surface area contributed by atoms with Gasteiger partial charge in [-0.05, 0) is 53.7 Å². The molecule has 0 aliphatic heterocycles. The molecule has 0 saturated heterocycles. The number of nitrogens with one attached hydrogen (secondary N) is 1. The van der Waals surface area contributed by atoms with Gasteiger partial charge in [0.05, 0.1) is 6.26 Å². The lowest BCUT2D eigenvalue weighted by Crippen LogP contribution is -2.28. The van der Waals surface area contributed by atoms with Gasteiger partial charge in [-0.1, -0.05) is 0 Å². The van der Waals surface area contributed by atoms with Crippen LogP contribution >= 0.6 is 15.9 Å². The lowest BCUT2D eigenvalue weighted by atomic mass is 10.0. The van der Waals surface area contributed by atoms with Crippen molar-refractivity contribution in [2.24, 2.45) is 0 Å². The lowest BCUT2D eigenvalue weighted by Gasteiger charge is -2.14. The molecule has 0 radical (unpaired) electrons. The number of aryl methyl sites for hydroxylation is 1. The summed E-state index contributed by atoms with van der Waals surface area (Å²) in [4.78, 5) is 4.40. The van der Waals surface area contributed by atoms with E-state index in [2.05, 4.69) is 32.3 Å². The highest BCUT2D eigenvalue weighted by Gasteiger charge is 2.09. The van der Waals surface area contributed by atoms with Crippen molar-refractivity contribution in [2.45, 2.75) is 25.3 Å². The molecule has 0 bridgehead atoms. The second-order valence-electron chi connectivity index (χ2n) is 4.28. The van der Waals surface area contributed by atoms with Crippen LogP contribution < -0.4 is 5.32 Å². The quantitative estimate of drug-likeness (QED) is 0.890. The van der Waals surface area contributed by atoms with Gasteiger partial charge in [0.15, 0.2) is 0 Å². The second-order valence-corrected chi connectivity index (χ2v) is 5.19. The Bertz CT molecular complexity index is 453. The molecule has 0 spiro atoms.